The number of ether oxygens (including phenoxy) is 1. The van der Waals surface area contributed by atoms with E-state index in [1.807, 2.05) is 13.8 Å². The van der Waals surface area contributed by atoms with Crippen molar-refractivity contribution in [2.75, 3.05) is 6.61 Å². The molecule has 3 N–H and O–H groups in total. The molecule has 0 aliphatic carbocycles. The largest absolute Gasteiger partial charge is 0.393 e. The summed E-state index contributed by atoms with van der Waals surface area (Å²) in [4.78, 5) is 0.614. The average molecular weight is 328 g/mol. The molecule has 1 fully saturated rings. The zero-order chi connectivity index (χ0) is 15.7. The van der Waals surface area contributed by atoms with Crippen LogP contribution in [0, 0.1) is 0 Å². The van der Waals surface area contributed by atoms with Crippen LogP contribution in [-0.2, 0) is 21.2 Å². The maximum absolute atomic E-state index is 12.5. The molecule has 2 rings (SSSR count). The first kappa shape index (κ1) is 16.4. The van der Waals surface area contributed by atoms with Crippen LogP contribution in [0.4, 0.5) is 0 Å². The third-order valence-corrected chi connectivity index (χ3v) is 5.64. The van der Waals surface area contributed by atoms with Crippen molar-refractivity contribution < 1.29 is 13.2 Å². The summed E-state index contributed by atoms with van der Waals surface area (Å²) in [5.41, 5.74) is 5.80. The van der Waals surface area contributed by atoms with Gasteiger partial charge < -0.3 is 10.5 Å². The van der Waals surface area contributed by atoms with E-state index in [-0.39, 0.29) is 11.0 Å². The summed E-state index contributed by atoms with van der Waals surface area (Å²) < 4.78 is 33.1. The van der Waals surface area contributed by atoms with Gasteiger partial charge in [0, 0.05) is 13.0 Å². The van der Waals surface area contributed by atoms with Crippen molar-refractivity contribution in [2.24, 2.45) is 5.73 Å². The van der Waals surface area contributed by atoms with Crippen LogP contribution in [0.5, 0.6) is 0 Å². The van der Waals surface area contributed by atoms with Gasteiger partial charge in [0.05, 0.1) is 21.5 Å². The monoisotopic (exact) mass is 328 g/mol. The summed E-state index contributed by atoms with van der Waals surface area (Å²) in [7, 11) is -3.57. The Labute approximate surface area is 130 Å². The van der Waals surface area contributed by atoms with Crippen LogP contribution in [0.25, 0.3) is 0 Å². The lowest BCUT2D eigenvalue weighted by atomic mass is 9.97. The summed E-state index contributed by atoms with van der Waals surface area (Å²) in [6, 6.07) is 6.59. The molecular weight excluding hydrogens is 308 g/mol. The SMILES string of the molecule is CC1OCCC1(C)NS(=O)(=O)c1ccc(CC(N)=S)cc1. The third kappa shape index (κ3) is 3.79. The Hall–Kier alpha value is -1.02. The van der Waals surface area contributed by atoms with Gasteiger partial charge in [-0.05, 0) is 38.0 Å². The highest BCUT2D eigenvalue weighted by atomic mass is 32.2. The number of sulfonamides is 1. The minimum absolute atomic E-state index is 0.152. The Kier molecular flexibility index (Phi) is 4.67. The summed E-state index contributed by atoms with van der Waals surface area (Å²) in [6.45, 7) is 4.30. The minimum atomic E-state index is -3.57. The molecule has 21 heavy (non-hydrogen) atoms. The van der Waals surface area contributed by atoms with Crippen molar-refractivity contribution in [3.05, 3.63) is 29.8 Å². The Morgan fingerprint density at radius 2 is 2.10 bits per heavy atom. The second-order valence-corrected chi connectivity index (χ2v) is 7.78. The molecule has 0 radical (unpaired) electrons. The molecule has 1 aromatic carbocycles. The van der Waals surface area contributed by atoms with Gasteiger partial charge >= 0.3 is 0 Å². The number of hydrogen-bond acceptors (Lipinski definition) is 4. The maximum atomic E-state index is 12.5. The lowest BCUT2D eigenvalue weighted by Crippen LogP contribution is -2.50. The Morgan fingerprint density at radius 1 is 1.48 bits per heavy atom. The fourth-order valence-corrected chi connectivity index (χ4v) is 3.98. The van der Waals surface area contributed by atoms with Crippen LogP contribution in [0.1, 0.15) is 25.8 Å². The molecule has 0 spiro atoms. The number of hydrogen-bond donors (Lipinski definition) is 2. The van der Waals surface area contributed by atoms with E-state index < -0.39 is 15.6 Å². The van der Waals surface area contributed by atoms with Gasteiger partial charge in [0.25, 0.3) is 0 Å². The van der Waals surface area contributed by atoms with Crippen molar-refractivity contribution in [1.82, 2.24) is 4.72 Å². The van der Waals surface area contributed by atoms with Gasteiger partial charge in [-0.25, -0.2) is 13.1 Å². The van der Waals surface area contributed by atoms with E-state index in [9.17, 15) is 8.42 Å². The van der Waals surface area contributed by atoms with E-state index in [4.69, 9.17) is 22.7 Å². The van der Waals surface area contributed by atoms with E-state index in [0.29, 0.717) is 24.4 Å². The van der Waals surface area contributed by atoms with Gasteiger partial charge in [-0.2, -0.15) is 0 Å². The summed E-state index contributed by atoms with van der Waals surface area (Å²) in [6.07, 6.45) is 0.972. The lowest BCUT2D eigenvalue weighted by Gasteiger charge is -2.28. The molecule has 2 atom stereocenters. The van der Waals surface area contributed by atoms with Crippen LogP contribution >= 0.6 is 12.2 Å². The van der Waals surface area contributed by atoms with Crippen LogP contribution in [0.3, 0.4) is 0 Å². The van der Waals surface area contributed by atoms with Crippen molar-refractivity contribution in [2.45, 2.75) is 43.2 Å². The Morgan fingerprint density at radius 3 is 2.57 bits per heavy atom. The molecule has 1 saturated heterocycles. The van der Waals surface area contributed by atoms with E-state index in [1.54, 1.807) is 24.3 Å². The third-order valence-electron chi connectivity index (χ3n) is 3.87. The van der Waals surface area contributed by atoms with Crippen LogP contribution in [0.2, 0.25) is 0 Å². The zero-order valence-electron chi connectivity index (χ0n) is 12.1. The molecule has 1 aromatic rings. The average Bonchev–Trinajstić information content (AvgIpc) is 2.68. The molecule has 116 valence electrons. The van der Waals surface area contributed by atoms with E-state index in [2.05, 4.69) is 4.72 Å². The summed E-state index contributed by atoms with van der Waals surface area (Å²) in [5, 5.41) is 0. The van der Waals surface area contributed by atoms with Crippen molar-refractivity contribution in [3.8, 4) is 0 Å². The molecule has 0 saturated carbocycles. The molecule has 1 aliphatic rings. The highest BCUT2D eigenvalue weighted by molar-refractivity contribution is 7.89. The molecule has 1 aliphatic heterocycles. The summed E-state index contributed by atoms with van der Waals surface area (Å²) >= 11 is 4.84. The molecule has 7 heteroatoms. The smallest absolute Gasteiger partial charge is 0.241 e. The highest BCUT2D eigenvalue weighted by Gasteiger charge is 2.40. The van der Waals surface area contributed by atoms with Crippen molar-refractivity contribution >= 4 is 27.2 Å². The topological polar surface area (TPSA) is 81.4 Å². The molecule has 2 unspecified atom stereocenters. The summed E-state index contributed by atoms with van der Waals surface area (Å²) in [5.74, 6) is 0. The second kappa shape index (κ2) is 6.00. The fourth-order valence-electron chi connectivity index (χ4n) is 2.32. The first-order valence-corrected chi connectivity index (χ1v) is 8.65. The van der Waals surface area contributed by atoms with Gasteiger partial charge in [0.15, 0.2) is 0 Å². The number of nitrogens with one attached hydrogen (secondary N) is 1. The normalized spacial score (nSPS) is 25.9. The predicted octanol–water partition coefficient (Wildman–Crippen LogP) is 1.36. The van der Waals surface area contributed by atoms with Gasteiger partial charge in [0.2, 0.25) is 10.0 Å². The number of thiocarbonyl (C=S) groups is 1. The first-order chi connectivity index (χ1) is 9.73. The van der Waals surface area contributed by atoms with Gasteiger partial charge in [-0.15, -0.1) is 0 Å². The predicted molar refractivity (Wildman–Crippen MR) is 85.7 cm³/mol. The van der Waals surface area contributed by atoms with Crippen LogP contribution < -0.4 is 10.5 Å². The van der Waals surface area contributed by atoms with Gasteiger partial charge in [-0.1, -0.05) is 24.4 Å². The number of benzene rings is 1. The van der Waals surface area contributed by atoms with Crippen molar-refractivity contribution in [1.29, 1.82) is 0 Å². The van der Waals surface area contributed by atoms with E-state index in [0.717, 1.165) is 5.56 Å². The zero-order valence-corrected chi connectivity index (χ0v) is 13.8. The number of rotatable bonds is 5. The van der Waals surface area contributed by atoms with Crippen LogP contribution in [0.15, 0.2) is 29.2 Å². The highest BCUT2D eigenvalue weighted by Crippen LogP contribution is 2.27. The molecule has 1 heterocycles. The number of nitrogens with two attached hydrogens (primary N) is 1. The Balaban J connectivity index is 2.18. The van der Waals surface area contributed by atoms with Crippen molar-refractivity contribution in [3.63, 3.8) is 0 Å². The van der Waals surface area contributed by atoms with Crippen LogP contribution in [-0.4, -0.2) is 31.7 Å². The second-order valence-electron chi connectivity index (χ2n) is 5.57. The fraction of sp³-hybridized carbons (Fsp3) is 0.500. The Bertz CT molecular complexity index is 628. The quantitative estimate of drug-likeness (QED) is 0.798. The van der Waals surface area contributed by atoms with E-state index in [1.165, 1.54) is 0 Å². The molecule has 5 nitrogen and oxygen atoms in total. The molecule has 0 aromatic heterocycles. The first-order valence-electron chi connectivity index (χ1n) is 6.76. The standard InChI is InChI=1S/C14H20N2O3S2/c1-10-14(2,7-8-19-10)16-21(17,18)12-5-3-11(4-6-12)9-13(15)20/h3-6,10,16H,7-9H2,1-2H3,(H2,15,20). The lowest BCUT2D eigenvalue weighted by molar-refractivity contribution is 0.0957. The molecular formula is C14H20N2O3S2. The molecule has 0 bridgehead atoms. The van der Waals surface area contributed by atoms with E-state index >= 15 is 0 Å². The maximum Gasteiger partial charge on any atom is 0.241 e. The minimum Gasteiger partial charge on any atom is -0.393 e. The van der Waals surface area contributed by atoms with Gasteiger partial charge in [-0.3, -0.25) is 0 Å². The molecule has 0 amide bonds. The van der Waals surface area contributed by atoms with Gasteiger partial charge in [0.1, 0.15) is 0 Å².